The zero-order chi connectivity index (χ0) is 21.6. The second-order valence-corrected chi connectivity index (χ2v) is 7.86. The number of ether oxygens (including phenoxy) is 1. The van der Waals surface area contributed by atoms with Crippen molar-refractivity contribution in [3.63, 3.8) is 0 Å². The summed E-state index contributed by atoms with van der Waals surface area (Å²) in [5, 5.41) is 12.8. The van der Waals surface area contributed by atoms with Crippen LogP contribution in [-0.4, -0.2) is 70.6 Å². The molecule has 8 heteroatoms. The molecule has 0 amide bonds. The van der Waals surface area contributed by atoms with Crippen LogP contribution in [0.5, 0.6) is 0 Å². The SMILES string of the molecule is CCOCCN1CCN(Cc2nnc(-c3c(-c4ccccc4)noc3C)o2)CC1CC. The number of hydrogen-bond donors (Lipinski definition) is 0. The highest BCUT2D eigenvalue weighted by atomic mass is 16.5. The second-order valence-electron chi connectivity index (χ2n) is 7.86. The van der Waals surface area contributed by atoms with Crippen LogP contribution in [0.4, 0.5) is 0 Å². The lowest BCUT2D eigenvalue weighted by atomic mass is 10.1. The Bertz CT molecular complexity index is 955. The van der Waals surface area contributed by atoms with E-state index in [1.807, 2.05) is 44.2 Å². The van der Waals surface area contributed by atoms with E-state index >= 15 is 0 Å². The molecule has 1 aliphatic rings. The Balaban J connectivity index is 1.43. The molecule has 2 aromatic heterocycles. The third kappa shape index (κ3) is 5.03. The minimum atomic E-state index is 0.454. The van der Waals surface area contributed by atoms with Crippen molar-refractivity contribution in [1.29, 1.82) is 0 Å². The molecule has 1 fully saturated rings. The third-order valence-electron chi connectivity index (χ3n) is 5.84. The Morgan fingerprint density at radius 2 is 1.97 bits per heavy atom. The molecule has 0 saturated carbocycles. The molecule has 4 rings (SSSR count). The van der Waals surface area contributed by atoms with E-state index in [1.54, 1.807) is 0 Å². The summed E-state index contributed by atoms with van der Waals surface area (Å²) in [4.78, 5) is 4.92. The van der Waals surface area contributed by atoms with Gasteiger partial charge in [0.05, 0.1) is 13.2 Å². The molecule has 3 heterocycles. The topological polar surface area (TPSA) is 80.7 Å². The summed E-state index contributed by atoms with van der Waals surface area (Å²) in [6, 6.07) is 10.4. The van der Waals surface area contributed by atoms with Gasteiger partial charge in [0.25, 0.3) is 5.89 Å². The van der Waals surface area contributed by atoms with Crippen LogP contribution < -0.4 is 0 Å². The van der Waals surface area contributed by atoms with Gasteiger partial charge in [0.15, 0.2) is 0 Å². The number of aryl methyl sites for hydroxylation is 1. The van der Waals surface area contributed by atoms with Crippen molar-refractivity contribution in [3.8, 4) is 22.7 Å². The van der Waals surface area contributed by atoms with E-state index in [0.29, 0.717) is 30.1 Å². The van der Waals surface area contributed by atoms with Crippen molar-refractivity contribution >= 4 is 0 Å². The van der Waals surface area contributed by atoms with Crippen LogP contribution in [0.1, 0.15) is 31.9 Å². The van der Waals surface area contributed by atoms with Gasteiger partial charge in [-0.15, -0.1) is 10.2 Å². The predicted molar refractivity (Wildman–Crippen MR) is 117 cm³/mol. The summed E-state index contributed by atoms with van der Waals surface area (Å²) in [7, 11) is 0. The average molecular weight is 426 g/mol. The Labute approximate surface area is 183 Å². The second kappa shape index (κ2) is 10.2. The smallest absolute Gasteiger partial charge is 0.253 e. The number of aromatic nitrogens is 3. The van der Waals surface area contributed by atoms with Gasteiger partial charge in [0, 0.05) is 44.4 Å². The van der Waals surface area contributed by atoms with Crippen LogP contribution in [0.15, 0.2) is 39.3 Å². The number of benzene rings is 1. The molecule has 31 heavy (non-hydrogen) atoms. The molecule has 1 saturated heterocycles. The first-order valence-electron chi connectivity index (χ1n) is 11.1. The van der Waals surface area contributed by atoms with Crippen molar-refractivity contribution in [2.45, 2.75) is 39.8 Å². The standard InChI is InChI=1S/C23H31N5O3/c1-4-19-15-27(11-12-28(19)13-14-29-5-2)16-20-24-25-23(30-20)21-17(3)31-26-22(21)18-9-7-6-8-10-18/h6-10,19H,4-5,11-16H2,1-3H3. The molecule has 166 valence electrons. The molecule has 1 unspecified atom stereocenters. The van der Waals surface area contributed by atoms with Crippen LogP contribution >= 0.6 is 0 Å². The Kier molecular flexibility index (Phi) is 7.11. The summed E-state index contributed by atoms with van der Waals surface area (Å²) >= 11 is 0. The third-order valence-corrected chi connectivity index (χ3v) is 5.84. The van der Waals surface area contributed by atoms with E-state index in [4.69, 9.17) is 13.7 Å². The maximum absolute atomic E-state index is 6.05. The van der Waals surface area contributed by atoms with Crippen LogP contribution in [0.25, 0.3) is 22.7 Å². The van der Waals surface area contributed by atoms with Gasteiger partial charge in [-0.05, 0) is 20.3 Å². The zero-order valence-corrected chi connectivity index (χ0v) is 18.6. The summed E-state index contributed by atoms with van der Waals surface area (Å²) in [5.74, 6) is 1.74. The van der Waals surface area contributed by atoms with Gasteiger partial charge in [-0.3, -0.25) is 9.80 Å². The average Bonchev–Trinajstić information content (AvgIpc) is 3.41. The van der Waals surface area contributed by atoms with Crippen LogP contribution in [0, 0.1) is 6.92 Å². The monoisotopic (exact) mass is 425 g/mol. The van der Waals surface area contributed by atoms with Gasteiger partial charge in [-0.1, -0.05) is 42.4 Å². The van der Waals surface area contributed by atoms with Crippen molar-refractivity contribution < 1.29 is 13.7 Å². The minimum absolute atomic E-state index is 0.454. The molecular formula is C23H31N5O3. The molecule has 8 nitrogen and oxygen atoms in total. The summed E-state index contributed by atoms with van der Waals surface area (Å²) < 4.78 is 17.0. The van der Waals surface area contributed by atoms with Crippen LogP contribution in [0.3, 0.4) is 0 Å². The molecule has 0 radical (unpaired) electrons. The Morgan fingerprint density at radius 3 is 2.74 bits per heavy atom. The maximum Gasteiger partial charge on any atom is 0.253 e. The first kappa shape index (κ1) is 21.7. The fraction of sp³-hybridized carbons (Fsp3) is 0.522. The molecule has 3 aromatic rings. The van der Waals surface area contributed by atoms with Gasteiger partial charge in [0.1, 0.15) is 17.0 Å². The normalized spacial score (nSPS) is 18.0. The summed E-state index contributed by atoms with van der Waals surface area (Å²) in [5.41, 5.74) is 2.45. The summed E-state index contributed by atoms with van der Waals surface area (Å²) in [6.45, 7) is 12.3. The number of rotatable bonds is 9. The largest absolute Gasteiger partial charge is 0.419 e. The molecule has 1 atom stereocenters. The minimum Gasteiger partial charge on any atom is -0.419 e. The molecule has 0 aliphatic carbocycles. The van der Waals surface area contributed by atoms with Crippen molar-refractivity contribution in [1.82, 2.24) is 25.2 Å². The Morgan fingerprint density at radius 1 is 1.13 bits per heavy atom. The van der Waals surface area contributed by atoms with Gasteiger partial charge in [0.2, 0.25) is 5.89 Å². The fourth-order valence-electron chi connectivity index (χ4n) is 4.14. The lowest BCUT2D eigenvalue weighted by Gasteiger charge is -2.40. The number of hydrogen-bond acceptors (Lipinski definition) is 8. The van der Waals surface area contributed by atoms with Gasteiger partial charge < -0.3 is 13.7 Å². The quantitative estimate of drug-likeness (QED) is 0.481. The van der Waals surface area contributed by atoms with E-state index in [9.17, 15) is 0 Å². The maximum atomic E-state index is 6.05. The van der Waals surface area contributed by atoms with E-state index in [0.717, 1.165) is 62.6 Å². The number of nitrogens with zero attached hydrogens (tertiary/aromatic N) is 5. The first-order chi connectivity index (χ1) is 15.2. The van der Waals surface area contributed by atoms with E-state index in [1.165, 1.54) is 0 Å². The van der Waals surface area contributed by atoms with Gasteiger partial charge >= 0.3 is 0 Å². The zero-order valence-electron chi connectivity index (χ0n) is 18.6. The highest BCUT2D eigenvalue weighted by Gasteiger charge is 2.27. The molecule has 0 spiro atoms. The Hall–Kier alpha value is -2.55. The molecule has 0 bridgehead atoms. The van der Waals surface area contributed by atoms with Crippen LogP contribution in [-0.2, 0) is 11.3 Å². The lowest BCUT2D eigenvalue weighted by molar-refractivity contribution is 0.0357. The van der Waals surface area contributed by atoms with E-state index < -0.39 is 0 Å². The van der Waals surface area contributed by atoms with Gasteiger partial charge in [-0.2, -0.15) is 0 Å². The number of piperazine rings is 1. The predicted octanol–water partition coefficient (Wildman–Crippen LogP) is 3.63. The first-order valence-corrected chi connectivity index (χ1v) is 11.1. The highest BCUT2D eigenvalue weighted by molar-refractivity contribution is 5.77. The molecule has 0 N–H and O–H groups in total. The van der Waals surface area contributed by atoms with E-state index in [-0.39, 0.29) is 0 Å². The van der Waals surface area contributed by atoms with Crippen molar-refractivity contribution in [2.24, 2.45) is 0 Å². The van der Waals surface area contributed by atoms with E-state index in [2.05, 4.69) is 32.1 Å². The summed E-state index contributed by atoms with van der Waals surface area (Å²) in [6.07, 6.45) is 1.11. The van der Waals surface area contributed by atoms with Crippen LogP contribution in [0.2, 0.25) is 0 Å². The lowest BCUT2D eigenvalue weighted by Crippen LogP contribution is -2.53. The van der Waals surface area contributed by atoms with Crippen molar-refractivity contribution in [3.05, 3.63) is 42.0 Å². The molecular weight excluding hydrogens is 394 g/mol. The van der Waals surface area contributed by atoms with Gasteiger partial charge in [-0.25, -0.2) is 0 Å². The molecule has 1 aromatic carbocycles. The van der Waals surface area contributed by atoms with Crippen molar-refractivity contribution in [2.75, 3.05) is 39.4 Å². The molecule has 1 aliphatic heterocycles. The highest BCUT2D eigenvalue weighted by Crippen LogP contribution is 2.33. The fourth-order valence-corrected chi connectivity index (χ4v) is 4.14.